The molecule has 1 aliphatic rings. The van der Waals surface area contributed by atoms with Crippen LogP contribution in [-0.2, 0) is 23.9 Å². The number of nitrogens with zero attached hydrogens (tertiary/aromatic N) is 1. The Kier molecular flexibility index (Phi) is 4.80. The van der Waals surface area contributed by atoms with Gasteiger partial charge in [-0.25, -0.2) is 0 Å². The zero-order valence-corrected chi connectivity index (χ0v) is 12.9. The molecule has 22 heavy (non-hydrogen) atoms. The van der Waals surface area contributed by atoms with Crippen molar-refractivity contribution in [2.24, 2.45) is 0 Å². The van der Waals surface area contributed by atoms with E-state index in [1.165, 1.54) is 11.8 Å². The molecule has 6 heteroatoms. The minimum atomic E-state index is -0.520. The molecule has 1 heterocycles. The highest BCUT2D eigenvalue weighted by atomic mass is 16.5. The van der Waals surface area contributed by atoms with Crippen molar-refractivity contribution in [3.63, 3.8) is 0 Å². The summed E-state index contributed by atoms with van der Waals surface area (Å²) in [4.78, 5) is 36.4. The SMILES string of the molecule is CC(=O)OCC(=O)N(c1c(C)cccc1C)C1COC(=O)C1. The van der Waals surface area contributed by atoms with Crippen molar-refractivity contribution in [2.45, 2.75) is 33.2 Å². The summed E-state index contributed by atoms with van der Waals surface area (Å²) in [6.45, 7) is 4.84. The Morgan fingerprint density at radius 2 is 1.95 bits per heavy atom. The average Bonchev–Trinajstić information content (AvgIpc) is 2.86. The maximum atomic E-state index is 12.5. The Hall–Kier alpha value is -2.37. The van der Waals surface area contributed by atoms with E-state index in [0.29, 0.717) is 0 Å². The van der Waals surface area contributed by atoms with Gasteiger partial charge in [0.2, 0.25) is 0 Å². The summed E-state index contributed by atoms with van der Waals surface area (Å²) in [6.07, 6.45) is 0.138. The number of carbonyl (C=O) groups is 3. The lowest BCUT2D eigenvalue weighted by Gasteiger charge is -2.30. The van der Waals surface area contributed by atoms with Gasteiger partial charge < -0.3 is 14.4 Å². The van der Waals surface area contributed by atoms with Gasteiger partial charge in [0.05, 0.1) is 18.2 Å². The van der Waals surface area contributed by atoms with Crippen LogP contribution in [0.5, 0.6) is 0 Å². The molecule has 0 bridgehead atoms. The van der Waals surface area contributed by atoms with Crippen LogP contribution in [0.25, 0.3) is 0 Å². The standard InChI is InChI=1S/C16H19NO5/c1-10-5-4-6-11(2)16(10)17(13-7-15(20)22-8-13)14(19)9-21-12(3)18/h4-6,13H,7-9H2,1-3H3. The van der Waals surface area contributed by atoms with E-state index in [0.717, 1.165) is 16.8 Å². The molecule has 0 aromatic heterocycles. The predicted octanol–water partition coefficient (Wildman–Crippen LogP) is 1.52. The third-order valence-corrected chi connectivity index (χ3v) is 3.55. The minimum Gasteiger partial charge on any atom is -0.463 e. The molecule has 1 aromatic rings. The summed E-state index contributed by atoms with van der Waals surface area (Å²) in [5, 5.41) is 0. The lowest BCUT2D eigenvalue weighted by Crippen LogP contribution is -2.44. The normalized spacial score (nSPS) is 17.0. The molecule has 2 rings (SSSR count). The fraction of sp³-hybridized carbons (Fsp3) is 0.438. The molecule has 6 nitrogen and oxygen atoms in total. The fourth-order valence-corrected chi connectivity index (χ4v) is 2.59. The van der Waals surface area contributed by atoms with E-state index in [2.05, 4.69) is 0 Å². The number of rotatable bonds is 4. The largest absolute Gasteiger partial charge is 0.463 e. The highest BCUT2D eigenvalue weighted by Gasteiger charge is 2.35. The van der Waals surface area contributed by atoms with Crippen LogP contribution in [0.15, 0.2) is 18.2 Å². The molecule has 1 unspecified atom stereocenters. The Morgan fingerprint density at radius 1 is 1.32 bits per heavy atom. The van der Waals surface area contributed by atoms with Crippen LogP contribution < -0.4 is 4.90 Å². The highest BCUT2D eigenvalue weighted by molar-refractivity contribution is 5.98. The second kappa shape index (κ2) is 6.60. The number of aryl methyl sites for hydroxylation is 2. The van der Waals surface area contributed by atoms with E-state index < -0.39 is 5.97 Å². The van der Waals surface area contributed by atoms with E-state index in [1.807, 2.05) is 32.0 Å². The van der Waals surface area contributed by atoms with E-state index in [-0.39, 0.29) is 37.6 Å². The Bertz CT molecular complexity index is 590. The molecule has 0 radical (unpaired) electrons. The molecule has 1 atom stereocenters. The summed E-state index contributed by atoms with van der Waals surface area (Å²) < 4.78 is 9.80. The average molecular weight is 305 g/mol. The second-order valence-corrected chi connectivity index (χ2v) is 5.33. The molecule has 0 aliphatic carbocycles. The third-order valence-electron chi connectivity index (χ3n) is 3.55. The van der Waals surface area contributed by atoms with E-state index in [4.69, 9.17) is 9.47 Å². The molecule has 118 valence electrons. The number of ether oxygens (including phenoxy) is 2. The van der Waals surface area contributed by atoms with Gasteiger partial charge in [-0.3, -0.25) is 14.4 Å². The molecule has 0 spiro atoms. The smallest absolute Gasteiger partial charge is 0.308 e. The van der Waals surface area contributed by atoms with Crippen LogP contribution in [0.3, 0.4) is 0 Å². The molecule has 1 saturated heterocycles. The molecule has 1 amide bonds. The summed E-state index contributed by atoms with van der Waals surface area (Å²) in [5.41, 5.74) is 2.56. The lowest BCUT2D eigenvalue weighted by molar-refractivity contribution is -0.145. The Morgan fingerprint density at radius 3 is 2.45 bits per heavy atom. The molecule has 0 N–H and O–H groups in total. The molecule has 0 saturated carbocycles. The van der Waals surface area contributed by atoms with Crippen molar-refractivity contribution in [3.8, 4) is 0 Å². The Balaban J connectivity index is 2.35. The number of para-hydroxylation sites is 1. The van der Waals surface area contributed by atoms with Gasteiger partial charge in [0.1, 0.15) is 6.61 Å². The van der Waals surface area contributed by atoms with Gasteiger partial charge >= 0.3 is 11.9 Å². The summed E-state index contributed by atoms with van der Waals surface area (Å²) in [6, 6.07) is 5.31. The van der Waals surface area contributed by atoms with Crippen LogP contribution in [0.1, 0.15) is 24.5 Å². The van der Waals surface area contributed by atoms with Crippen molar-refractivity contribution >= 4 is 23.5 Å². The topological polar surface area (TPSA) is 72.9 Å². The minimum absolute atomic E-state index is 0.138. The van der Waals surface area contributed by atoms with Crippen LogP contribution in [-0.4, -0.2) is 37.1 Å². The van der Waals surface area contributed by atoms with Gasteiger partial charge in [-0.05, 0) is 25.0 Å². The van der Waals surface area contributed by atoms with Crippen molar-refractivity contribution in [3.05, 3.63) is 29.3 Å². The van der Waals surface area contributed by atoms with Crippen LogP contribution in [0, 0.1) is 13.8 Å². The quantitative estimate of drug-likeness (QED) is 0.789. The predicted molar refractivity (Wildman–Crippen MR) is 79.4 cm³/mol. The first-order chi connectivity index (χ1) is 10.4. The number of amides is 1. The van der Waals surface area contributed by atoms with Gasteiger partial charge in [0.25, 0.3) is 5.91 Å². The number of hydrogen-bond acceptors (Lipinski definition) is 5. The molecule has 1 fully saturated rings. The maximum Gasteiger partial charge on any atom is 0.308 e. The van der Waals surface area contributed by atoms with Crippen LogP contribution in [0.2, 0.25) is 0 Å². The first-order valence-corrected chi connectivity index (χ1v) is 7.07. The zero-order valence-electron chi connectivity index (χ0n) is 12.9. The first kappa shape index (κ1) is 16.0. The number of hydrogen-bond donors (Lipinski definition) is 0. The fourth-order valence-electron chi connectivity index (χ4n) is 2.59. The zero-order chi connectivity index (χ0) is 16.3. The molecule has 1 aromatic carbocycles. The first-order valence-electron chi connectivity index (χ1n) is 7.07. The van der Waals surface area contributed by atoms with Crippen molar-refractivity contribution in [1.82, 2.24) is 0 Å². The molecular weight excluding hydrogens is 286 g/mol. The van der Waals surface area contributed by atoms with Crippen LogP contribution >= 0.6 is 0 Å². The summed E-state index contributed by atoms with van der Waals surface area (Å²) >= 11 is 0. The maximum absolute atomic E-state index is 12.5. The second-order valence-electron chi connectivity index (χ2n) is 5.33. The monoisotopic (exact) mass is 305 g/mol. The Labute approximate surface area is 129 Å². The number of esters is 2. The van der Waals surface area contributed by atoms with Gasteiger partial charge in [0, 0.05) is 6.92 Å². The number of cyclic esters (lactones) is 1. The van der Waals surface area contributed by atoms with Crippen molar-refractivity contribution < 1.29 is 23.9 Å². The van der Waals surface area contributed by atoms with E-state index in [9.17, 15) is 14.4 Å². The van der Waals surface area contributed by atoms with Gasteiger partial charge in [-0.2, -0.15) is 0 Å². The van der Waals surface area contributed by atoms with E-state index in [1.54, 1.807) is 0 Å². The van der Waals surface area contributed by atoms with Crippen molar-refractivity contribution in [2.75, 3.05) is 18.1 Å². The van der Waals surface area contributed by atoms with Gasteiger partial charge in [-0.1, -0.05) is 18.2 Å². The number of carbonyl (C=O) groups excluding carboxylic acids is 3. The van der Waals surface area contributed by atoms with E-state index >= 15 is 0 Å². The third kappa shape index (κ3) is 3.44. The highest BCUT2D eigenvalue weighted by Crippen LogP contribution is 2.29. The van der Waals surface area contributed by atoms with Gasteiger partial charge in [-0.15, -0.1) is 0 Å². The van der Waals surface area contributed by atoms with Crippen molar-refractivity contribution in [1.29, 1.82) is 0 Å². The number of benzene rings is 1. The summed E-state index contributed by atoms with van der Waals surface area (Å²) in [7, 11) is 0. The lowest BCUT2D eigenvalue weighted by atomic mass is 10.0. The van der Waals surface area contributed by atoms with Gasteiger partial charge in [0.15, 0.2) is 6.61 Å². The summed E-state index contributed by atoms with van der Waals surface area (Å²) in [5.74, 6) is -1.22. The van der Waals surface area contributed by atoms with Crippen LogP contribution in [0.4, 0.5) is 5.69 Å². The molecule has 1 aliphatic heterocycles. The molecular formula is C16H19NO5. The number of anilines is 1.